The summed E-state index contributed by atoms with van der Waals surface area (Å²) in [5.41, 5.74) is 5.64. The molecule has 1 aliphatic rings. The van der Waals surface area contributed by atoms with Gasteiger partial charge >= 0.3 is 0 Å². The summed E-state index contributed by atoms with van der Waals surface area (Å²) in [6.45, 7) is 17.6. The van der Waals surface area contributed by atoms with E-state index in [1.165, 1.54) is 11.1 Å². The molecule has 1 aliphatic carbocycles. The number of allylic oxidation sites excluding steroid dienone is 5. The molecule has 0 radical (unpaired) electrons. The molecule has 0 spiro atoms. The standard InChI is InChI=1S/C23H32ClN2/c1-16-10-11-19(24)15-21(16)25-26(8,9)20-13-17(22(2,3)4)12-18(14-20)23(5,6)7/h10-15H,1H2,2-9H3/q+1/b25-21-. The average molecular weight is 372 g/mol. The SMILES string of the molecule is C=C1C=CC(Cl)=C/C1=N/[N+](C)(C)c1cc(C(C)(C)C)cc(C(C)(C)C)c1. The maximum atomic E-state index is 6.17. The van der Waals surface area contributed by atoms with Crippen molar-refractivity contribution in [2.24, 2.45) is 5.10 Å². The number of benzene rings is 1. The van der Waals surface area contributed by atoms with Gasteiger partial charge in [0.05, 0.1) is 14.1 Å². The topological polar surface area (TPSA) is 12.4 Å². The van der Waals surface area contributed by atoms with Crippen molar-refractivity contribution in [3.63, 3.8) is 0 Å². The van der Waals surface area contributed by atoms with Gasteiger partial charge in [0.15, 0.2) is 5.69 Å². The van der Waals surface area contributed by atoms with Crippen molar-refractivity contribution in [3.8, 4) is 0 Å². The molecule has 0 N–H and O–H groups in total. The first-order valence-electron chi connectivity index (χ1n) is 9.05. The van der Waals surface area contributed by atoms with E-state index in [9.17, 15) is 0 Å². The lowest BCUT2D eigenvalue weighted by Gasteiger charge is -2.30. The second-order valence-corrected chi connectivity index (χ2v) is 9.97. The van der Waals surface area contributed by atoms with Crippen LogP contribution >= 0.6 is 11.6 Å². The fraction of sp³-hybridized carbons (Fsp3) is 0.435. The summed E-state index contributed by atoms with van der Waals surface area (Å²) >= 11 is 6.17. The molecule has 0 fully saturated rings. The van der Waals surface area contributed by atoms with Gasteiger partial charge in [0.2, 0.25) is 0 Å². The summed E-state index contributed by atoms with van der Waals surface area (Å²) in [4.78, 5) is 0. The second-order valence-electron chi connectivity index (χ2n) is 9.54. The normalized spacial score (nSPS) is 17.7. The molecular weight excluding hydrogens is 340 g/mol. The monoisotopic (exact) mass is 371 g/mol. The Balaban J connectivity index is 2.62. The first-order chi connectivity index (χ1) is 11.7. The van der Waals surface area contributed by atoms with Gasteiger partial charge < -0.3 is 0 Å². The minimum Gasteiger partial charge on any atom is -0.170 e. The highest BCUT2D eigenvalue weighted by atomic mass is 35.5. The van der Waals surface area contributed by atoms with Crippen LogP contribution < -0.4 is 4.59 Å². The Morgan fingerprint density at radius 2 is 1.38 bits per heavy atom. The van der Waals surface area contributed by atoms with E-state index >= 15 is 0 Å². The molecular formula is C23H32ClN2+. The van der Waals surface area contributed by atoms with Gasteiger partial charge in [-0.1, -0.05) is 77.0 Å². The summed E-state index contributed by atoms with van der Waals surface area (Å²) in [5.74, 6) is 0. The summed E-state index contributed by atoms with van der Waals surface area (Å²) in [6.07, 6.45) is 5.64. The van der Waals surface area contributed by atoms with Crippen LogP contribution in [-0.2, 0) is 10.8 Å². The van der Waals surface area contributed by atoms with E-state index in [1.807, 2.05) is 18.2 Å². The Labute approximate surface area is 164 Å². The number of quaternary nitrogens is 1. The van der Waals surface area contributed by atoms with E-state index in [4.69, 9.17) is 16.7 Å². The fourth-order valence-corrected chi connectivity index (χ4v) is 2.92. The Morgan fingerprint density at radius 3 is 1.85 bits per heavy atom. The third kappa shape index (κ3) is 4.75. The number of rotatable bonds is 2. The Kier molecular flexibility index (Phi) is 5.43. The van der Waals surface area contributed by atoms with Crippen molar-refractivity contribution < 1.29 is 0 Å². The van der Waals surface area contributed by atoms with Crippen LogP contribution in [0.3, 0.4) is 0 Å². The number of hydrogen-bond donors (Lipinski definition) is 0. The summed E-state index contributed by atoms with van der Waals surface area (Å²) < 4.78 is 0.385. The maximum Gasteiger partial charge on any atom is 0.159 e. The van der Waals surface area contributed by atoms with Crippen LogP contribution in [0.4, 0.5) is 5.69 Å². The van der Waals surface area contributed by atoms with Crippen LogP contribution in [0.15, 0.2) is 58.7 Å². The number of hydrogen-bond acceptors (Lipinski definition) is 1. The first-order valence-corrected chi connectivity index (χ1v) is 9.43. The van der Waals surface area contributed by atoms with Gasteiger partial charge in [-0.15, -0.1) is 0 Å². The molecule has 0 heterocycles. The van der Waals surface area contributed by atoms with Gasteiger partial charge in [0.1, 0.15) is 5.71 Å². The largest absolute Gasteiger partial charge is 0.170 e. The highest BCUT2D eigenvalue weighted by Crippen LogP contribution is 2.35. The summed E-state index contributed by atoms with van der Waals surface area (Å²) in [7, 11) is 4.18. The van der Waals surface area contributed by atoms with Gasteiger partial charge in [0.25, 0.3) is 0 Å². The summed E-state index contributed by atoms with van der Waals surface area (Å²) in [6, 6.07) is 6.87. The second kappa shape index (κ2) is 6.83. The highest BCUT2D eigenvalue weighted by molar-refractivity contribution is 6.34. The Morgan fingerprint density at radius 1 is 0.885 bits per heavy atom. The first kappa shape index (κ1) is 20.7. The van der Waals surface area contributed by atoms with Crippen molar-refractivity contribution >= 4 is 23.0 Å². The zero-order chi connectivity index (χ0) is 19.9. The van der Waals surface area contributed by atoms with E-state index in [2.05, 4.69) is 80.4 Å². The molecule has 140 valence electrons. The van der Waals surface area contributed by atoms with E-state index < -0.39 is 0 Å². The Hall–Kier alpha value is -1.64. The van der Waals surface area contributed by atoms with Crippen LogP contribution in [0.1, 0.15) is 52.7 Å². The van der Waals surface area contributed by atoms with Gasteiger partial charge in [0, 0.05) is 17.2 Å². The third-order valence-corrected chi connectivity index (χ3v) is 4.92. The molecule has 0 aliphatic heterocycles. The molecule has 0 amide bonds. The van der Waals surface area contributed by atoms with Crippen molar-refractivity contribution in [3.05, 3.63) is 64.7 Å². The number of nitrogens with zero attached hydrogens (tertiary/aromatic N) is 2. The quantitative estimate of drug-likeness (QED) is 0.418. The predicted octanol–water partition coefficient (Wildman–Crippen LogP) is 6.45. The minimum absolute atomic E-state index is 0.0730. The van der Waals surface area contributed by atoms with Crippen LogP contribution in [0.25, 0.3) is 0 Å². The molecule has 0 atom stereocenters. The smallest absolute Gasteiger partial charge is 0.159 e. The van der Waals surface area contributed by atoms with Crippen LogP contribution in [0.5, 0.6) is 0 Å². The molecule has 2 rings (SSSR count). The van der Waals surface area contributed by atoms with Crippen molar-refractivity contribution in [1.29, 1.82) is 0 Å². The van der Waals surface area contributed by atoms with E-state index in [1.54, 1.807) is 0 Å². The molecule has 2 nitrogen and oxygen atoms in total. The van der Waals surface area contributed by atoms with Crippen molar-refractivity contribution in [1.82, 2.24) is 4.59 Å². The van der Waals surface area contributed by atoms with Crippen molar-refractivity contribution in [2.75, 3.05) is 14.1 Å². The molecule has 1 aromatic rings. The van der Waals surface area contributed by atoms with Crippen molar-refractivity contribution in [2.45, 2.75) is 52.4 Å². The minimum atomic E-state index is 0.0730. The lowest BCUT2D eigenvalue weighted by Crippen LogP contribution is -2.36. The molecule has 26 heavy (non-hydrogen) atoms. The third-order valence-electron chi connectivity index (χ3n) is 4.69. The maximum absolute atomic E-state index is 6.17. The predicted molar refractivity (Wildman–Crippen MR) is 117 cm³/mol. The molecule has 0 aromatic heterocycles. The van der Waals surface area contributed by atoms with E-state index in [-0.39, 0.29) is 10.8 Å². The zero-order valence-corrected chi connectivity index (χ0v) is 18.2. The molecule has 0 bridgehead atoms. The van der Waals surface area contributed by atoms with Gasteiger partial charge in [-0.25, -0.2) is 0 Å². The van der Waals surface area contributed by atoms with Crippen LogP contribution in [-0.4, -0.2) is 19.8 Å². The van der Waals surface area contributed by atoms with E-state index in [0.29, 0.717) is 9.62 Å². The van der Waals surface area contributed by atoms with Crippen LogP contribution in [0, 0.1) is 0 Å². The van der Waals surface area contributed by atoms with Gasteiger partial charge in [-0.3, -0.25) is 0 Å². The molecule has 3 heteroatoms. The lowest BCUT2D eigenvalue weighted by molar-refractivity contribution is 0.422. The zero-order valence-electron chi connectivity index (χ0n) is 17.4. The van der Waals surface area contributed by atoms with E-state index in [0.717, 1.165) is 17.0 Å². The van der Waals surface area contributed by atoms with Gasteiger partial charge in [-0.2, -0.15) is 4.59 Å². The molecule has 0 unspecified atom stereocenters. The lowest BCUT2D eigenvalue weighted by atomic mass is 9.80. The molecule has 0 saturated heterocycles. The number of halogens is 1. The van der Waals surface area contributed by atoms with Crippen LogP contribution in [0.2, 0.25) is 0 Å². The Bertz CT molecular complexity index is 777. The van der Waals surface area contributed by atoms with Gasteiger partial charge in [-0.05, 0) is 39.7 Å². The highest BCUT2D eigenvalue weighted by Gasteiger charge is 2.27. The fourth-order valence-electron chi connectivity index (χ4n) is 2.75. The average Bonchev–Trinajstić information content (AvgIpc) is 2.48. The molecule has 1 aromatic carbocycles. The molecule has 0 saturated carbocycles. The summed E-state index contributed by atoms with van der Waals surface area (Å²) in [5, 5.41) is 5.63.